The first kappa shape index (κ1) is 15.2. The summed E-state index contributed by atoms with van der Waals surface area (Å²) in [6.45, 7) is 2.37. The van der Waals surface area contributed by atoms with Gasteiger partial charge < -0.3 is 20.0 Å². The van der Waals surface area contributed by atoms with Crippen LogP contribution in [0.1, 0.15) is 19.8 Å². The van der Waals surface area contributed by atoms with E-state index >= 15 is 0 Å². The fourth-order valence-electron chi connectivity index (χ4n) is 4.74. The second-order valence-corrected chi connectivity index (χ2v) is 6.96. The number of carboxylic acid groups (broad SMARTS) is 1. The number of ether oxygens (including phenoxy) is 1. The molecule has 1 spiro atoms. The number of anilines is 1. The topological polar surface area (TPSA) is 78.5 Å². The van der Waals surface area contributed by atoms with E-state index in [0.717, 1.165) is 12.8 Å². The summed E-state index contributed by atoms with van der Waals surface area (Å²) in [4.78, 5) is 24.6. The molecule has 0 radical (unpaired) electrons. The second kappa shape index (κ2) is 5.36. The summed E-state index contributed by atoms with van der Waals surface area (Å²) >= 11 is 0. The van der Waals surface area contributed by atoms with Crippen LogP contribution in [0.15, 0.2) is 36.4 Å². The highest BCUT2D eigenvalue weighted by Gasteiger charge is 2.68. The molecule has 2 saturated carbocycles. The number of hydrogen-bond donors (Lipinski definition) is 1. The van der Waals surface area contributed by atoms with Gasteiger partial charge in [0, 0.05) is 11.9 Å². The maximum Gasteiger partial charge on any atom is 0.228 e. The zero-order valence-corrected chi connectivity index (χ0v) is 13.5. The molecule has 24 heavy (non-hydrogen) atoms. The summed E-state index contributed by atoms with van der Waals surface area (Å²) in [6.07, 6.45) is 6.02. The van der Waals surface area contributed by atoms with Gasteiger partial charge >= 0.3 is 0 Å². The van der Waals surface area contributed by atoms with Crippen molar-refractivity contribution in [2.24, 2.45) is 29.1 Å². The van der Waals surface area contributed by atoms with Crippen molar-refractivity contribution < 1.29 is 19.4 Å². The molecular weight excluding hydrogens is 306 g/mol. The number of nitrogens with one attached hydrogen (secondary N) is 1. The van der Waals surface area contributed by atoms with E-state index in [9.17, 15) is 14.7 Å². The highest BCUT2D eigenvalue weighted by molar-refractivity contribution is 5.97. The lowest BCUT2D eigenvalue weighted by atomic mass is 9.82. The van der Waals surface area contributed by atoms with Gasteiger partial charge in [-0.05, 0) is 49.1 Å². The van der Waals surface area contributed by atoms with Crippen LogP contribution in [0.2, 0.25) is 0 Å². The van der Waals surface area contributed by atoms with Gasteiger partial charge in [-0.15, -0.1) is 0 Å². The molecule has 5 heteroatoms. The minimum Gasteiger partial charge on any atom is -0.550 e. The van der Waals surface area contributed by atoms with Crippen LogP contribution in [0.3, 0.4) is 0 Å². The molecule has 0 saturated heterocycles. The number of allylic oxidation sites excluding steroid dienone is 2. The number of carbonyl (C=O) groups excluding carboxylic acids is 2. The monoisotopic (exact) mass is 326 g/mol. The molecule has 0 heterocycles. The van der Waals surface area contributed by atoms with Crippen LogP contribution in [0, 0.1) is 29.1 Å². The van der Waals surface area contributed by atoms with E-state index in [1.807, 2.05) is 31.2 Å². The van der Waals surface area contributed by atoms with Gasteiger partial charge in [0.1, 0.15) is 5.75 Å². The second-order valence-electron chi connectivity index (χ2n) is 6.96. The van der Waals surface area contributed by atoms with Crippen molar-refractivity contribution in [3.63, 3.8) is 0 Å². The summed E-state index contributed by atoms with van der Waals surface area (Å²) < 4.78 is 5.53. The number of amides is 1. The molecular formula is C19H20NO4-. The van der Waals surface area contributed by atoms with E-state index in [4.69, 9.17) is 4.74 Å². The largest absolute Gasteiger partial charge is 0.550 e. The van der Waals surface area contributed by atoms with Crippen molar-refractivity contribution in [3.05, 3.63) is 36.4 Å². The van der Waals surface area contributed by atoms with Gasteiger partial charge in [-0.2, -0.15) is 0 Å². The van der Waals surface area contributed by atoms with Crippen LogP contribution in [0.4, 0.5) is 5.69 Å². The van der Waals surface area contributed by atoms with E-state index in [2.05, 4.69) is 5.32 Å². The lowest BCUT2D eigenvalue weighted by Crippen LogP contribution is -2.42. The third-order valence-electron chi connectivity index (χ3n) is 5.86. The number of rotatable bonds is 5. The summed E-state index contributed by atoms with van der Waals surface area (Å²) in [5.41, 5.74) is 0.574. The Morgan fingerprint density at radius 2 is 1.88 bits per heavy atom. The van der Waals surface area contributed by atoms with Crippen molar-refractivity contribution in [1.29, 1.82) is 0 Å². The fraction of sp³-hybridized carbons (Fsp3) is 0.474. The van der Waals surface area contributed by atoms with E-state index < -0.39 is 17.8 Å². The van der Waals surface area contributed by atoms with Gasteiger partial charge in [0.25, 0.3) is 0 Å². The van der Waals surface area contributed by atoms with Gasteiger partial charge in [-0.1, -0.05) is 24.3 Å². The Hall–Kier alpha value is -2.30. The number of hydrogen-bond acceptors (Lipinski definition) is 4. The van der Waals surface area contributed by atoms with Crippen molar-refractivity contribution in [2.45, 2.75) is 19.8 Å². The maximum atomic E-state index is 12.9. The first-order valence-corrected chi connectivity index (χ1v) is 8.50. The number of carboxylic acids is 1. The van der Waals surface area contributed by atoms with Gasteiger partial charge in [-0.25, -0.2) is 0 Å². The van der Waals surface area contributed by atoms with Gasteiger partial charge in [0.05, 0.1) is 18.2 Å². The van der Waals surface area contributed by atoms with Gasteiger partial charge in [0.2, 0.25) is 5.91 Å². The normalized spacial score (nSPS) is 31.2. The Kier molecular flexibility index (Phi) is 3.41. The van der Waals surface area contributed by atoms with Crippen molar-refractivity contribution in [3.8, 4) is 5.75 Å². The highest BCUT2D eigenvalue weighted by Crippen LogP contribution is 2.71. The minimum atomic E-state index is -1.11. The van der Waals surface area contributed by atoms with E-state index in [0.29, 0.717) is 18.0 Å². The molecule has 0 aromatic heterocycles. The van der Waals surface area contributed by atoms with Crippen LogP contribution in [0.5, 0.6) is 5.75 Å². The smallest absolute Gasteiger partial charge is 0.228 e. The zero-order valence-electron chi connectivity index (χ0n) is 13.5. The predicted octanol–water partition coefficient (Wildman–Crippen LogP) is 1.60. The molecule has 4 atom stereocenters. The van der Waals surface area contributed by atoms with Gasteiger partial charge in [0.15, 0.2) is 0 Å². The van der Waals surface area contributed by atoms with Crippen molar-refractivity contribution in [1.82, 2.24) is 0 Å². The quantitative estimate of drug-likeness (QED) is 0.834. The molecule has 1 N–H and O–H groups in total. The Bertz CT molecular complexity index is 722. The summed E-state index contributed by atoms with van der Waals surface area (Å²) in [5, 5.41) is 14.6. The summed E-state index contributed by atoms with van der Waals surface area (Å²) in [6, 6.07) is 7.22. The molecule has 4 rings (SSSR count). The van der Waals surface area contributed by atoms with Crippen LogP contribution in [-0.2, 0) is 9.59 Å². The molecule has 0 unspecified atom stereocenters. The molecule has 1 aromatic rings. The maximum absolute atomic E-state index is 12.9. The minimum absolute atomic E-state index is 0.00431. The van der Waals surface area contributed by atoms with Crippen LogP contribution in [-0.4, -0.2) is 18.5 Å². The molecule has 5 nitrogen and oxygen atoms in total. The van der Waals surface area contributed by atoms with Crippen LogP contribution in [0.25, 0.3) is 0 Å². The first-order valence-electron chi connectivity index (χ1n) is 8.50. The zero-order chi connectivity index (χ0) is 16.9. The molecule has 0 aliphatic heterocycles. The first-order chi connectivity index (χ1) is 11.6. The fourth-order valence-corrected chi connectivity index (χ4v) is 4.74. The SMILES string of the molecule is CCOc1ccccc1NC(=O)[C@@H]1[C@@H](C(=O)[O-])[C@@H]2C=C[C@H]1C21CC1. The average Bonchev–Trinajstić information content (AvgIpc) is 3.22. The highest BCUT2D eigenvalue weighted by atomic mass is 16.5. The number of carbonyl (C=O) groups is 2. The summed E-state index contributed by atoms with van der Waals surface area (Å²) in [7, 11) is 0. The number of para-hydroxylation sites is 2. The third-order valence-corrected chi connectivity index (χ3v) is 5.86. The lowest BCUT2D eigenvalue weighted by molar-refractivity contribution is -0.313. The number of aliphatic carboxylic acids is 1. The number of benzene rings is 1. The molecule has 1 amide bonds. The molecule has 3 aliphatic rings. The average molecular weight is 326 g/mol. The Morgan fingerprint density at radius 1 is 1.21 bits per heavy atom. The van der Waals surface area contributed by atoms with Crippen molar-refractivity contribution >= 4 is 17.6 Å². The van der Waals surface area contributed by atoms with Gasteiger partial charge in [-0.3, -0.25) is 4.79 Å². The predicted molar refractivity (Wildman–Crippen MR) is 86.0 cm³/mol. The van der Waals surface area contributed by atoms with E-state index in [1.54, 1.807) is 12.1 Å². The Balaban J connectivity index is 1.61. The summed E-state index contributed by atoms with van der Waals surface area (Å²) in [5.74, 6) is -2.13. The molecule has 2 fully saturated rings. The van der Waals surface area contributed by atoms with Crippen LogP contribution >= 0.6 is 0 Å². The lowest BCUT2D eigenvalue weighted by Gasteiger charge is -2.28. The Labute approximate surface area is 140 Å². The standard InChI is InChI=1S/C19H21NO4/c1-2-24-14-6-4-3-5-13(14)20-17(21)15-11-7-8-12(16(15)18(22)23)19(11)9-10-19/h3-8,11-12,15-16H,2,9-10H2,1H3,(H,20,21)(H,22,23)/p-1/t11-,12+,15+,16+/m1/s1. The van der Waals surface area contributed by atoms with Crippen molar-refractivity contribution in [2.75, 3.05) is 11.9 Å². The molecule has 1 aromatic carbocycles. The Morgan fingerprint density at radius 3 is 2.50 bits per heavy atom. The molecule has 3 aliphatic carbocycles. The molecule has 126 valence electrons. The van der Waals surface area contributed by atoms with E-state index in [-0.39, 0.29) is 23.2 Å². The van der Waals surface area contributed by atoms with E-state index in [1.165, 1.54) is 0 Å². The molecule has 2 bridgehead atoms. The van der Waals surface area contributed by atoms with Crippen LogP contribution < -0.4 is 15.2 Å². The third kappa shape index (κ3) is 2.07.